The van der Waals surface area contributed by atoms with Crippen LogP contribution in [0, 0.1) is 6.92 Å². The zero-order chi connectivity index (χ0) is 11.4. The molecule has 0 atom stereocenters. The lowest BCUT2D eigenvalue weighted by Crippen LogP contribution is -2.11. The van der Waals surface area contributed by atoms with Crippen molar-refractivity contribution in [2.75, 3.05) is 5.32 Å². The molecular formula is C10H8BrI2NO. The Bertz CT molecular complexity index is 396. The van der Waals surface area contributed by atoms with Gasteiger partial charge in [-0.15, -0.1) is 0 Å². The van der Waals surface area contributed by atoms with E-state index in [2.05, 4.69) is 43.8 Å². The number of halogens is 3. The Morgan fingerprint density at radius 3 is 2.27 bits per heavy atom. The molecule has 0 unspecified atom stereocenters. The van der Waals surface area contributed by atoms with Crippen molar-refractivity contribution in [2.45, 2.75) is 6.92 Å². The van der Waals surface area contributed by atoms with Crippen LogP contribution in [0.2, 0.25) is 0 Å². The number of amides is 1. The van der Waals surface area contributed by atoms with Crippen molar-refractivity contribution >= 4 is 72.7 Å². The van der Waals surface area contributed by atoms with Gasteiger partial charge in [-0.05, 0) is 80.2 Å². The first-order chi connectivity index (χ1) is 7.00. The standard InChI is InChI=1S/C10H8BrI2NO/c1-6-2-4-7(5-3-6)14-10(15)8(12)9(11)13/h2-5H,1H3,(H,14,15). The number of hydrogen-bond acceptors (Lipinski definition) is 1. The molecule has 5 heteroatoms. The molecule has 0 spiro atoms. The summed E-state index contributed by atoms with van der Waals surface area (Å²) in [6, 6.07) is 7.70. The lowest BCUT2D eigenvalue weighted by molar-refractivity contribution is -0.112. The molecule has 80 valence electrons. The van der Waals surface area contributed by atoms with Crippen molar-refractivity contribution in [3.05, 3.63) is 35.9 Å². The molecule has 1 aromatic rings. The fourth-order valence-electron chi connectivity index (χ4n) is 0.909. The molecule has 0 aliphatic heterocycles. The summed E-state index contributed by atoms with van der Waals surface area (Å²) < 4.78 is 1.46. The highest BCUT2D eigenvalue weighted by Crippen LogP contribution is 2.25. The average Bonchev–Trinajstić information content (AvgIpc) is 2.20. The largest absolute Gasteiger partial charge is 0.322 e. The monoisotopic (exact) mass is 491 g/mol. The minimum atomic E-state index is -0.0965. The van der Waals surface area contributed by atoms with E-state index in [1.165, 1.54) is 5.56 Å². The topological polar surface area (TPSA) is 29.1 Å². The maximum absolute atomic E-state index is 11.6. The van der Waals surface area contributed by atoms with Crippen LogP contribution in [0.1, 0.15) is 5.56 Å². The summed E-state index contributed by atoms with van der Waals surface area (Å²) in [6.45, 7) is 2.01. The first-order valence-corrected chi connectivity index (χ1v) is 7.04. The lowest BCUT2D eigenvalue weighted by atomic mass is 10.2. The highest BCUT2D eigenvalue weighted by atomic mass is 127. The average molecular weight is 492 g/mol. The van der Waals surface area contributed by atoms with Crippen LogP contribution in [0.15, 0.2) is 30.3 Å². The van der Waals surface area contributed by atoms with E-state index in [4.69, 9.17) is 0 Å². The molecule has 15 heavy (non-hydrogen) atoms. The van der Waals surface area contributed by atoms with E-state index < -0.39 is 0 Å². The molecule has 0 aliphatic rings. The fourth-order valence-corrected chi connectivity index (χ4v) is 1.47. The number of carbonyl (C=O) groups excluding carboxylic acids is 1. The van der Waals surface area contributed by atoms with Gasteiger partial charge in [0.15, 0.2) is 0 Å². The van der Waals surface area contributed by atoms with E-state index in [-0.39, 0.29) is 5.91 Å². The molecule has 0 saturated carbocycles. The number of anilines is 1. The van der Waals surface area contributed by atoms with E-state index >= 15 is 0 Å². The first kappa shape index (κ1) is 13.4. The normalized spacial score (nSPS) is 12.0. The van der Waals surface area contributed by atoms with Crippen LogP contribution >= 0.6 is 61.1 Å². The van der Waals surface area contributed by atoms with Crippen molar-refractivity contribution in [2.24, 2.45) is 0 Å². The minimum Gasteiger partial charge on any atom is -0.322 e. The van der Waals surface area contributed by atoms with Gasteiger partial charge in [-0.3, -0.25) is 4.79 Å². The van der Waals surface area contributed by atoms with Gasteiger partial charge in [-0.25, -0.2) is 0 Å². The predicted molar refractivity (Wildman–Crippen MR) is 83.8 cm³/mol. The molecule has 0 radical (unpaired) electrons. The van der Waals surface area contributed by atoms with Crippen LogP contribution in [0.4, 0.5) is 5.69 Å². The SMILES string of the molecule is Cc1ccc(NC(=O)C(I)=C(Br)I)cc1. The summed E-state index contributed by atoms with van der Waals surface area (Å²) in [4.78, 5) is 11.6. The van der Waals surface area contributed by atoms with E-state index in [1.54, 1.807) is 0 Å². The maximum atomic E-state index is 11.6. The van der Waals surface area contributed by atoms with Gasteiger partial charge in [0.05, 0.1) is 6.07 Å². The zero-order valence-electron chi connectivity index (χ0n) is 7.85. The third kappa shape index (κ3) is 4.39. The number of aryl methyl sites for hydroxylation is 1. The van der Waals surface area contributed by atoms with Crippen LogP contribution in [0.25, 0.3) is 0 Å². The van der Waals surface area contributed by atoms with E-state index in [1.807, 2.05) is 53.8 Å². The lowest BCUT2D eigenvalue weighted by Gasteiger charge is -2.04. The van der Waals surface area contributed by atoms with Gasteiger partial charge < -0.3 is 5.32 Å². The second-order valence-corrected chi connectivity index (χ2v) is 7.33. The Morgan fingerprint density at radius 2 is 1.80 bits per heavy atom. The van der Waals surface area contributed by atoms with Gasteiger partial charge in [-0.1, -0.05) is 17.7 Å². The second-order valence-electron chi connectivity index (χ2n) is 2.89. The third-order valence-electron chi connectivity index (χ3n) is 1.67. The molecule has 2 nitrogen and oxygen atoms in total. The molecule has 1 N–H and O–H groups in total. The van der Waals surface area contributed by atoms with Gasteiger partial charge in [0.1, 0.15) is 0 Å². The molecule has 0 heterocycles. The smallest absolute Gasteiger partial charge is 0.263 e. The number of carbonyl (C=O) groups is 1. The van der Waals surface area contributed by atoms with Crippen molar-refractivity contribution in [3.8, 4) is 0 Å². The number of rotatable bonds is 2. The van der Waals surface area contributed by atoms with Crippen LogP contribution in [0.5, 0.6) is 0 Å². The second kappa shape index (κ2) is 6.19. The summed E-state index contributed by atoms with van der Waals surface area (Å²) >= 11 is 7.33. The predicted octanol–water partition coefficient (Wildman–Crippen LogP) is 4.37. The van der Waals surface area contributed by atoms with Gasteiger partial charge in [0.2, 0.25) is 0 Å². The van der Waals surface area contributed by atoms with Gasteiger partial charge in [0, 0.05) is 5.69 Å². The van der Waals surface area contributed by atoms with Crippen molar-refractivity contribution < 1.29 is 4.79 Å². The number of benzene rings is 1. The summed E-state index contributed by atoms with van der Waals surface area (Å²) in [7, 11) is 0. The van der Waals surface area contributed by atoms with Crippen LogP contribution in [0.3, 0.4) is 0 Å². The van der Waals surface area contributed by atoms with E-state index in [0.29, 0.717) is 3.58 Å². The first-order valence-electron chi connectivity index (χ1n) is 4.09. The summed E-state index contributed by atoms with van der Waals surface area (Å²) in [5.41, 5.74) is 1.98. The van der Waals surface area contributed by atoms with E-state index in [9.17, 15) is 4.79 Å². The summed E-state index contributed by atoms with van der Waals surface area (Å²) in [5.74, 6) is -0.0965. The third-order valence-corrected chi connectivity index (χ3v) is 5.41. The Balaban J connectivity index is 2.75. The Hall–Kier alpha value is 0.370. The minimum absolute atomic E-state index is 0.0965. The molecular weight excluding hydrogens is 484 g/mol. The number of hydrogen-bond donors (Lipinski definition) is 1. The molecule has 0 bridgehead atoms. The highest BCUT2D eigenvalue weighted by molar-refractivity contribution is 14.1. The van der Waals surface area contributed by atoms with Gasteiger partial charge >= 0.3 is 0 Å². The molecule has 0 aliphatic carbocycles. The van der Waals surface area contributed by atoms with Crippen LogP contribution in [-0.2, 0) is 4.79 Å². The molecule has 1 amide bonds. The fraction of sp³-hybridized carbons (Fsp3) is 0.100. The molecule has 0 fully saturated rings. The van der Waals surface area contributed by atoms with Gasteiger partial charge in [-0.2, -0.15) is 0 Å². The molecule has 0 aromatic heterocycles. The quantitative estimate of drug-likeness (QED) is 0.483. The number of nitrogens with one attached hydrogen (secondary N) is 1. The zero-order valence-corrected chi connectivity index (χ0v) is 13.8. The van der Waals surface area contributed by atoms with Crippen molar-refractivity contribution in [1.29, 1.82) is 0 Å². The molecule has 1 aromatic carbocycles. The Labute approximate surface area is 124 Å². The summed E-state index contributed by atoms with van der Waals surface area (Å²) in [5, 5.41) is 2.81. The van der Waals surface area contributed by atoms with E-state index in [0.717, 1.165) is 8.18 Å². The van der Waals surface area contributed by atoms with Crippen molar-refractivity contribution in [1.82, 2.24) is 0 Å². The van der Waals surface area contributed by atoms with Crippen LogP contribution < -0.4 is 5.32 Å². The Kier molecular flexibility index (Phi) is 5.54. The van der Waals surface area contributed by atoms with Crippen LogP contribution in [-0.4, -0.2) is 5.91 Å². The molecule has 0 saturated heterocycles. The summed E-state index contributed by atoms with van der Waals surface area (Å²) in [6.07, 6.45) is 0. The highest BCUT2D eigenvalue weighted by Gasteiger charge is 2.09. The maximum Gasteiger partial charge on any atom is 0.263 e. The van der Waals surface area contributed by atoms with Gasteiger partial charge in [0.25, 0.3) is 5.91 Å². The molecule has 1 rings (SSSR count). The van der Waals surface area contributed by atoms with Crippen molar-refractivity contribution in [3.63, 3.8) is 0 Å². The Morgan fingerprint density at radius 1 is 1.27 bits per heavy atom.